The van der Waals surface area contributed by atoms with Crippen molar-refractivity contribution in [1.82, 2.24) is 19.8 Å². The van der Waals surface area contributed by atoms with Crippen LogP contribution in [0.1, 0.15) is 24.6 Å². The summed E-state index contributed by atoms with van der Waals surface area (Å²) in [5.74, 6) is 1.62. The Morgan fingerprint density at radius 1 is 1.59 bits per heavy atom. The van der Waals surface area contributed by atoms with Gasteiger partial charge in [-0.1, -0.05) is 0 Å². The maximum atomic E-state index is 11.9. The van der Waals surface area contributed by atoms with Gasteiger partial charge in [0.15, 0.2) is 0 Å². The first-order chi connectivity index (χ1) is 8.09. The molecule has 2 atom stereocenters. The smallest absolute Gasteiger partial charge is 0.239 e. The Labute approximate surface area is 102 Å². The second-order valence-electron chi connectivity index (χ2n) is 4.86. The number of hydrogen-bond donors (Lipinski definition) is 1. The number of carbonyl (C=O) groups is 1. The predicted octanol–water partition coefficient (Wildman–Crippen LogP) is 0.344. The normalized spacial score (nSPS) is 24.6. The Hall–Kier alpha value is -1.36. The highest BCUT2D eigenvalue weighted by Crippen LogP contribution is 2.26. The summed E-state index contributed by atoms with van der Waals surface area (Å²) in [6, 6.07) is -0.0690. The highest BCUT2D eigenvalue weighted by atomic mass is 16.2. The van der Waals surface area contributed by atoms with E-state index in [1.165, 1.54) is 0 Å². The van der Waals surface area contributed by atoms with Gasteiger partial charge in [-0.25, -0.2) is 4.98 Å². The molecule has 1 aromatic heterocycles. The monoisotopic (exact) mass is 236 g/mol. The van der Waals surface area contributed by atoms with Gasteiger partial charge >= 0.3 is 0 Å². The van der Waals surface area contributed by atoms with Crippen LogP contribution in [0.15, 0.2) is 12.4 Å². The van der Waals surface area contributed by atoms with Gasteiger partial charge in [0.2, 0.25) is 5.91 Å². The van der Waals surface area contributed by atoms with Crippen LogP contribution >= 0.6 is 0 Å². The number of amides is 1. The number of aromatic nitrogens is 2. The first-order valence-electron chi connectivity index (χ1n) is 6.01. The Morgan fingerprint density at radius 2 is 2.35 bits per heavy atom. The minimum atomic E-state index is -0.0690. The van der Waals surface area contributed by atoms with Gasteiger partial charge in [-0.05, 0) is 19.4 Å². The molecule has 0 aliphatic carbocycles. The minimum Gasteiger partial charge on any atom is -0.347 e. The van der Waals surface area contributed by atoms with E-state index in [1.54, 1.807) is 19.0 Å². The molecule has 1 fully saturated rings. The van der Waals surface area contributed by atoms with Crippen LogP contribution in [0, 0.1) is 0 Å². The minimum absolute atomic E-state index is 0.0690. The maximum Gasteiger partial charge on any atom is 0.239 e. The van der Waals surface area contributed by atoms with Crippen LogP contribution in [0.3, 0.4) is 0 Å². The predicted molar refractivity (Wildman–Crippen MR) is 65.7 cm³/mol. The molecule has 1 saturated heterocycles. The van der Waals surface area contributed by atoms with Crippen LogP contribution in [0.25, 0.3) is 0 Å². The molecule has 17 heavy (non-hydrogen) atoms. The molecule has 2 heterocycles. The lowest BCUT2D eigenvalue weighted by Gasteiger charge is -2.30. The number of aryl methyl sites for hydroxylation is 1. The second kappa shape index (κ2) is 4.87. The van der Waals surface area contributed by atoms with Crippen LogP contribution in [0.5, 0.6) is 0 Å². The van der Waals surface area contributed by atoms with Crippen molar-refractivity contribution in [2.75, 3.05) is 20.6 Å². The van der Waals surface area contributed by atoms with Crippen molar-refractivity contribution in [1.29, 1.82) is 0 Å². The zero-order chi connectivity index (χ0) is 12.4. The van der Waals surface area contributed by atoms with E-state index in [2.05, 4.69) is 10.3 Å². The third-order valence-corrected chi connectivity index (χ3v) is 3.37. The number of imidazole rings is 1. The lowest BCUT2D eigenvalue weighted by atomic mass is 9.91. The van der Waals surface area contributed by atoms with Gasteiger partial charge in [0, 0.05) is 39.5 Å². The summed E-state index contributed by atoms with van der Waals surface area (Å²) >= 11 is 0. The highest BCUT2D eigenvalue weighted by molar-refractivity contribution is 5.81. The van der Waals surface area contributed by atoms with E-state index >= 15 is 0 Å². The topological polar surface area (TPSA) is 50.2 Å². The first-order valence-corrected chi connectivity index (χ1v) is 6.01. The van der Waals surface area contributed by atoms with E-state index in [4.69, 9.17) is 0 Å². The molecule has 0 radical (unpaired) electrons. The van der Waals surface area contributed by atoms with E-state index in [0.717, 1.165) is 25.2 Å². The SMILES string of the molecule is CN(C)C(=O)C1CC(c2nccn2C)CCN1. The fraction of sp³-hybridized carbons (Fsp3) is 0.667. The van der Waals surface area contributed by atoms with Gasteiger partial charge in [-0.3, -0.25) is 4.79 Å². The molecule has 1 aliphatic rings. The maximum absolute atomic E-state index is 11.9. The van der Waals surface area contributed by atoms with Crippen molar-refractivity contribution in [2.45, 2.75) is 24.8 Å². The van der Waals surface area contributed by atoms with E-state index in [1.807, 2.05) is 24.0 Å². The Morgan fingerprint density at radius 3 is 2.94 bits per heavy atom. The van der Waals surface area contributed by atoms with Crippen LogP contribution in [-0.2, 0) is 11.8 Å². The van der Waals surface area contributed by atoms with E-state index < -0.39 is 0 Å². The van der Waals surface area contributed by atoms with E-state index in [9.17, 15) is 4.79 Å². The highest BCUT2D eigenvalue weighted by Gasteiger charge is 2.30. The molecular formula is C12H20N4O. The number of piperidine rings is 1. The number of rotatable bonds is 2. The van der Waals surface area contributed by atoms with Crippen molar-refractivity contribution in [3.8, 4) is 0 Å². The molecule has 94 valence electrons. The second-order valence-corrected chi connectivity index (χ2v) is 4.86. The average Bonchev–Trinajstić information content (AvgIpc) is 2.74. The molecule has 0 saturated carbocycles. The number of likely N-dealkylation sites (N-methyl/N-ethyl adjacent to an activating group) is 1. The lowest BCUT2D eigenvalue weighted by Crippen LogP contribution is -2.48. The third-order valence-electron chi connectivity index (χ3n) is 3.37. The summed E-state index contributed by atoms with van der Waals surface area (Å²) in [6.07, 6.45) is 5.66. The van der Waals surface area contributed by atoms with Crippen molar-refractivity contribution in [3.63, 3.8) is 0 Å². The quantitative estimate of drug-likeness (QED) is 0.806. The average molecular weight is 236 g/mol. The fourth-order valence-corrected chi connectivity index (χ4v) is 2.42. The molecule has 0 bridgehead atoms. The van der Waals surface area contributed by atoms with Gasteiger partial charge in [0.25, 0.3) is 0 Å². The van der Waals surface area contributed by atoms with Gasteiger partial charge in [-0.15, -0.1) is 0 Å². The third kappa shape index (κ3) is 2.49. The van der Waals surface area contributed by atoms with Gasteiger partial charge < -0.3 is 14.8 Å². The summed E-state index contributed by atoms with van der Waals surface area (Å²) in [7, 11) is 5.61. The molecule has 5 heteroatoms. The molecular weight excluding hydrogens is 216 g/mol. The zero-order valence-corrected chi connectivity index (χ0v) is 10.7. The number of nitrogens with one attached hydrogen (secondary N) is 1. The number of nitrogens with zero attached hydrogens (tertiary/aromatic N) is 3. The first kappa shape index (κ1) is 12.1. The molecule has 1 aliphatic heterocycles. The molecule has 5 nitrogen and oxygen atoms in total. The van der Waals surface area contributed by atoms with Gasteiger partial charge in [0.1, 0.15) is 5.82 Å². The molecule has 1 aromatic rings. The van der Waals surface area contributed by atoms with Crippen LogP contribution in [0.4, 0.5) is 0 Å². The molecule has 1 amide bonds. The largest absolute Gasteiger partial charge is 0.347 e. The summed E-state index contributed by atoms with van der Waals surface area (Å²) in [5.41, 5.74) is 0. The summed E-state index contributed by atoms with van der Waals surface area (Å²) in [5, 5.41) is 3.28. The zero-order valence-electron chi connectivity index (χ0n) is 10.7. The van der Waals surface area contributed by atoms with Gasteiger partial charge in [-0.2, -0.15) is 0 Å². The molecule has 2 rings (SSSR count). The molecule has 0 spiro atoms. The Balaban J connectivity index is 2.08. The lowest BCUT2D eigenvalue weighted by molar-refractivity contribution is -0.131. The molecule has 1 N–H and O–H groups in total. The molecule has 2 unspecified atom stereocenters. The van der Waals surface area contributed by atoms with Gasteiger partial charge in [0.05, 0.1) is 6.04 Å². The number of carbonyl (C=O) groups excluding carboxylic acids is 1. The standard InChI is InChI=1S/C12H20N4O/c1-15(2)12(17)10-8-9(4-5-13-10)11-14-6-7-16(11)3/h6-7,9-10,13H,4-5,8H2,1-3H3. The fourth-order valence-electron chi connectivity index (χ4n) is 2.42. The summed E-state index contributed by atoms with van der Waals surface area (Å²) in [6.45, 7) is 0.877. The molecule has 0 aromatic carbocycles. The number of hydrogen-bond acceptors (Lipinski definition) is 3. The Kier molecular flexibility index (Phi) is 3.47. The summed E-state index contributed by atoms with van der Waals surface area (Å²) in [4.78, 5) is 18.0. The van der Waals surface area contributed by atoms with E-state index in [0.29, 0.717) is 5.92 Å². The van der Waals surface area contributed by atoms with Crippen LogP contribution < -0.4 is 5.32 Å². The Bertz CT molecular complexity index is 399. The van der Waals surface area contributed by atoms with Crippen molar-refractivity contribution in [2.24, 2.45) is 7.05 Å². The van der Waals surface area contributed by atoms with Crippen LogP contribution in [0.2, 0.25) is 0 Å². The summed E-state index contributed by atoms with van der Waals surface area (Å²) < 4.78 is 2.05. The van der Waals surface area contributed by atoms with Crippen LogP contribution in [-0.4, -0.2) is 47.0 Å². The van der Waals surface area contributed by atoms with Crippen molar-refractivity contribution in [3.05, 3.63) is 18.2 Å². The van der Waals surface area contributed by atoms with Crippen molar-refractivity contribution >= 4 is 5.91 Å². The van der Waals surface area contributed by atoms with Crippen molar-refractivity contribution < 1.29 is 4.79 Å². The van der Waals surface area contributed by atoms with E-state index in [-0.39, 0.29) is 11.9 Å².